The minimum absolute atomic E-state index is 0.222. The SMILES string of the molecule is C=CCn1c(SCc2ccc(F)cc2)nnc1-c1ccc(C)cc1. The maximum absolute atomic E-state index is 13.0. The third kappa shape index (κ3) is 3.74. The lowest BCUT2D eigenvalue weighted by Gasteiger charge is -2.08. The Bertz CT molecular complexity index is 823. The maximum Gasteiger partial charge on any atom is 0.192 e. The molecule has 0 amide bonds. The Labute approximate surface area is 145 Å². The number of hydrogen-bond donors (Lipinski definition) is 0. The standard InChI is InChI=1S/C19H18FN3S/c1-3-12-23-18(16-8-4-14(2)5-9-16)21-22-19(23)24-13-15-6-10-17(20)11-7-15/h3-11H,1,12-13H2,2H3. The summed E-state index contributed by atoms with van der Waals surface area (Å²) in [5, 5.41) is 9.49. The van der Waals surface area contributed by atoms with E-state index in [1.807, 2.05) is 22.8 Å². The number of aromatic nitrogens is 3. The summed E-state index contributed by atoms with van der Waals surface area (Å²) in [5.41, 5.74) is 3.29. The van der Waals surface area contributed by atoms with Gasteiger partial charge in [-0.1, -0.05) is 59.8 Å². The van der Waals surface area contributed by atoms with Gasteiger partial charge in [0.15, 0.2) is 11.0 Å². The number of allylic oxidation sites excluding steroid dienone is 1. The molecule has 0 spiro atoms. The van der Waals surface area contributed by atoms with Crippen molar-refractivity contribution >= 4 is 11.8 Å². The van der Waals surface area contributed by atoms with E-state index in [0.717, 1.165) is 22.1 Å². The second-order valence-electron chi connectivity index (χ2n) is 5.49. The molecule has 0 saturated carbocycles. The minimum atomic E-state index is -0.222. The van der Waals surface area contributed by atoms with Crippen molar-refractivity contribution in [3.63, 3.8) is 0 Å². The molecule has 1 aromatic heterocycles. The number of halogens is 1. The van der Waals surface area contributed by atoms with Gasteiger partial charge in [0, 0.05) is 17.9 Å². The highest BCUT2D eigenvalue weighted by Crippen LogP contribution is 2.26. The van der Waals surface area contributed by atoms with Gasteiger partial charge in [0.05, 0.1) is 0 Å². The van der Waals surface area contributed by atoms with E-state index < -0.39 is 0 Å². The lowest BCUT2D eigenvalue weighted by atomic mass is 10.1. The van der Waals surface area contributed by atoms with Gasteiger partial charge < -0.3 is 0 Å². The van der Waals surface area contributed by atoms with Gasteiger partial charge in [-0.05, 0) is 24.6 Å². The fourth-order valence-corrected chi connectivity index (χ4v) is 3.24. The van der Waals surface area contributed by atoms with Crippen molar-refractivity contribution in [2.45, 2.75) is 24.4 Å². The fourth-order valence-electron chi connectivity index (χ4n) is 2.33. The fraction of sp³-hybridized carbons (Fsp3) is 0.158. The lowest BCUT2D eigenvalue weighted by Crippen LogP contribution is -2.00. The van der Waals surface area contributed by atoms with Crippen LogP contribution in [0.1, 0.15) is 11.1 Å². The number of rotatable bonds is 6. The molecule has 0 radical (unpaired) electrons. The highest BCUT2D eigenvalue weighted by Gasteiger charge is 2.13. The van der Waals surface area contributed by atoms with E-state index in [4.69, 9.17) is 0 Å². The molecule has 0 saturated heterocycles. The zero-order valence-electron chi connectivity index (χ0n) is 13.4. The van der Waals surface area contributed by atoms with E-state index in [2.05, 4.69) is 35.8 Å². The number of aryl methyl sites for hydroxylation is 1. The molecule has 0 fully saturated rings. The van der Waals surface area contributed by atoms with Crippen molar-refractivity contribution in [2.24, 2.45) is 0 Å². The second-order valence-corrected chi connectivity index (χ2v) is 6.43. The summed E-state index contributed by atoms with van der Waals surface area (Å²) in [4.78, 5) is 0. The normalized spacial score (nSPS) is 10.8. The average molecular weight is 339 g/mol. The predicted molar refractivity (Wildman–Crippen MR) is 96.4 cm³/mol. The third-order valence-electron chi connectivity index (χ3n) is 3.62. The zero-order chi connectivity index (χ0) is 16.9. The van der Waals surface area contributed by atoms with Gasteiger partial charge in [-0.25, -0.2) is 4.39 Å². The van der Waals surface area contributed by atoms with Crippen LogP contribution < -0.4 is 0 Å². The number of nitrogens with zero attached hydrogens (tertiary/aromatic N) is 3. The van der Waals surface area contributed by atoms with Crippen molar-refractivity contribution < 1.29 is 4.39 Å². The van der Waals surface area contributed by atoms with Crippen LogP contribution in [0, 0.1) is 12.7 Å². The Balaban J connectivity index is 1.84. The van der Waals surface area contributed by atoms with Crippen LogP contribution in [0.3, 0.4) is 0 Å². The summed E-state index contributed by atoms with van der Waals surface area (Å²) in [5.74, 6) is 1.32. The summed E-state index contributed by atoms with van der Waals surface area (Å²) in [6.07, 6.45) is 1.84. The summed E-state index contributed by atoms with van der Waals surface area (Å²) in [6, 6.07) is 14.8. The van der Waals surface area contributed by atoms with Crippen LogP contribution >= 0.6 is 11.8 Å². The molecule has 0 bridgehead atoms. The van der Waals surface area contributed by atoms with E-state index >= 15 is 0 Å². The number of hydrogen-bond acceptors (Lipinski definition) is 3. The van der Waals surface area contributed by atoms with E-state index in [-0.39, 0.29) is 5.82 Å². The smallest absolute Gasteiger partial charge is 0.192 e. The lowest BCUT2D eigenvalue weighted by molar-refractivity contribution is 0.627. The summed E-state index contributed by atoms with van der Waals surface area (Å²) in [6.45, 7) is 6.52. The first kappa shape index (κ1) is 16.5. The van der Waals surface area contributed by atoms with Crippen molar-refractivity contribution in [3.05, 3.63) is 78.1 Å². The summed E-state index contributed by atoms with van der Waals surface area (Å²) >= 11 is 1.58. The molecule has 0 N–H and O–H groups in total. The quantitative estimate of drug-likeness (QED) is 0.474. The maximum atomic E-state index is 13.0. The van der Waals surface area contributed by atoms with Gasteiger partial charge in [0.25, 0.3) is 0 Å². The third-order valence-corrected chi connectivity index (χ3v) is 4.66. The van der Waals surface area contributed by atoms with E-state index in [9.17, 15) is 4.39 Å². The number of benzene rings is 2. The van der Waals surface area contributed by atoms with Gasteiger partial charge in [0.2, 0.25) is 0 Å². The topological polar surface area (TPSA) is 30.7 Å². The highest BCUT2D eigenvalue weighted by atomic mass is 32.2. The van der Waals surface area contributed by atoms with E-state index in [1.165, 1.54) is 17.7 Å². The molecule has 2 aromatic carbocycles. The molecule has 0 unspecified atom stereocenters. The van der Waals surface area contributed by atoms with Crippen LogP contribution in [0.4, 0.5) is 4.39 Å². The van der Waals surface area contributed by atoms with Crippen molar-refractivity contribution in [2.75, 3.05) is 0 Å². The largest absolute Gasteiger partial charge is 0.298 e. The molecule has 5 heteroatoms. The second kappa shape index (κ2) is 7.45. The Morgan fingerprint density at radius 1 is 1.08 bits per heavy atom. The molecule has 3 aromatic rings. The first-order valence-electron chi connectivity index (χ1n) is 7.66. The summed E-state index contributed by atoms with van der Waals surface area (Å²) in [7, 11) is 0. The molecule has 3 rings (SSSR count). The van der Waals surface area contributed by atoms with Crippen LogP contribution in [-0.4, -0.2) is 14.8 Å². The van der Waals surface area contributed by atoms with E-state index in [1.54, 1.807) is 23.9 Å². The van der Waals surface area contributed by atoms with Gasteiger partial charge >= 0.3 is 0 Å². The Kier molecular flexibility index (Phi) is 5.11. The minimum Gasteiger partial charge on any atom is -0.298 e. The van der Waals surface area contributed by atoms with Crippen molar-refractivity contribution in [3.8, 4) is 11.4 Å². The van der Waals surface area contributed by atoms with Crippen molar-refractivity contribution in [1.82, 2.24) is 14.8 Å². The summed E-state index contributed by atoms with van der Waals surface area (Å²) < 4.78 is 15.0. The Morgan fingerprint density at radius 3 is 2.46 bits per heavy atom. The molecule has 0 aliphatic heterocycles. The monoisotopic (exact) mass is 339 g/mol. The molecule has 0 aliphatic carbocycles. The molecule has 24 heavy (non-hydrogen) atoms. The Hall–Kier alpha value is -2.40. The van der Waals surface area contributed by atoms with Gasteiger partial charge in [-0.3, -0.25) is 4.57 Å². The first-order chi connectivity index (χ1) is 11.7. The van der Waals surface area contributed by atoms with Crippen LogP contribution in [-0.2, 0) is 12.3 Å². The average Bonchev–Trinajstić information content (AvgIpc) is 2.98. The molecule has 3 nitrogen and oxygen atoms in total. The van der Waals surface area contributed by atoms with Crippen LogP contribution in [0.15, 0.2) is 66.3 Å². The van der Waals surface area contributed by atoms with Gasteiger partial charge in [0.1, 0.15) is 5.82 Å². The van der Waals surface area contributed by atoms with Gasteiger partial charge in [-0.2, -0.15) is 0 Å². The molecule has 0 aliphatic rings. The van der Waals surface area contributed by atoms with Gasteiger partial charge in [-0.15, -0.1) is 16.8 Å². The number of thioether (sulfide) groups is 1. The predicted octanol–water partition coefficient (Wildman–Crippen LogP) is 4.87. The van der Waals surface area contributed by atoms with Crippen molar-refractivity contribution in [1.29, 1.82) is 0 Å². The molecule has 122 valence electrons. The molecular formula is C19H18FN3S. The van der Waals surface area contributed by atoms with Crippen LogP contribution in [0.5, 0.6) is 0 Å². The zero-order valence-corrected chi connectivity index (χ0v) is 14.3. The first-order valence-corrected chi connectivity index (χ1v) is 8.64. The van der Waals surface area contributed by atoms with E-state index in [0.29, 0.717) is 12.3 Å². The Morgan fingerprint density at radius 2 is 1.79 bits per heavy atom. The van der Waals surface area contributed by atoms with Crippen LogP contribution in [0.25, 0.3) is 11.4 Å². The molecule has 0 atom stereocenters. The highest BCUT2D eigenvalue weighted by molar-refractivity contribution is 7.98. The van der Waals surface area contributed by atoms with Crippen LogP contribution in [0.2, 0.25) is 0 Å². The molecule has 1 heterocycles. The molecular weight excluding hydrogens is 321 g/mol.